The van der Waals surface area contributed by atoms with Gasteiger partial charge in [-0.1, -0.05) is 18.7 Å². The zero-order chi connectivity index (χ0) is 26.4. The monoisotopic (exact) mass is 530 g/mol. The second-order valence-electron chi connectivity index (χ2n) is 8.69. The van der Waals surface area contributed by atoms with Gasteiger partial charge in [-0.05, 0) is 30.0 Å². The summed E-state index contributed by atoms with van der Waals surface area (Å²) in [7, 11) is 4.54. The van der Waals surface area contributed by atoms with Gasteiger partial charge in [-0.25, -0.2) is 9.79 Å². The van der Waals surface area contributed by atoms with E-state index in [0.717, 1.165) is 44.1 Å². The van der Waals surface area contributed by atoms with Crippen molar-refractivity contribution in [2.75, 3.05) is 60.7 Å². The van der Waals surface area contributed by atoms with Crippen LogP contribution in [0.1, 0.15) is 31.4 Å². The lowest BCUT2D eigenvalue weighted by Gasteiger charge is -2.37. The highest BCUT2D eigenvalue weighted by molar-refractivity contribution is 8.16. The summed E-state index contributed by atoms with van der Waals surface area (Å²) in [4.78, 5) is 35.1. The number of fused-ring (bicyclic) bond motifs is 1. The Balaban J connectivity index is 1.62. The maximum Gasteiger partial charge on any atom is 0.338 e. The van der Waals surface area contributed by atoms with E-state index in [0.29, 0.717) is 40.9 Å². The van der Waals surface area contributed by atoms with E-state index in [4.69, 9.17) is 23.9 Å². The van der Waals surface area contributed by atoms with Crippen molar-refractivity contribution >= 4 is 28.8 Å². The molecule has 0 saturated carbocycles. The zero-order valence-electron chi connectivity index (χ0n) is 21.7. The maximum atomic E-state index is 13.1. The molecule has 1 fully saturated rings. The summed E-state index contributed by atoms with van der Waals surface area (Å²) < 4.78 is 21.8. The summed E-state index contributed by atoms with van der Waals surface area (Å²) in [6.45, 7) is 6.47. The van der Waals surface area contributed by atoms with Crippen LogP contribution in [0.2, 0.25) is 0 Å². The molecule has 1 amide bonds. The standard InChI is InChI=1S/C26H34N4O6S/c1-5-20-23(25(32)35-4)24(19-15-18(33-2)6-7-21(19)34-3)30-17(16-37-26(30)28-20)14-22(31)27-8-9-29-10-12-36-13-11-29/h6-7,15-16,24H,5,8-14H2,1-4H3,(H,27,31)/t24-/m1/s1. The number of aliphatic imine (C=N–C) groups is 1. The fourth-order valence-electron chi connectivity index (χ4n) is 4.66. The van der Waals surface area contributed by atoms with E-state index < -0.39 is 12.0 Å². The smallest absolute Gasteiger partial charge is 0.338 e. The third-order valence-electron chi connectivity index (χ3n) is 6.56. The van der Waals surface area contributed by atoms with Crippen LogP contribution in [0.5, 0.6) is 11.5 Å². The number of allylic oxidation sites excluding steroid dienone is 1. The SMILES string of the molecule is CCC1=C(C(=O)OC)[C@@H](c2cc(OC)ccc2OC)N2C(CC(=O)NCCN3CCOCC3)=CSC2=N1. The average Bonchev–Trinajstić information content (AvgIpc) is 3.33. The van der Waals surface area contributed by atoms with E-state index in [1.807, 2.05) is 29.4 Å². The molecule has 1 aromatic carbocycles. The highest BCUT2D eigenvalue weighted by Crippen LogP contribution is 2.48. The highest BCUT2D eigenvalue weighted by atomic mass is 32.2. The van der Waals surface area contributed by atoms with E-state index in [1.165, 1.54) is 18.9 Å². The number of nitrogens with one attached hydrogen (secondary N) is 1. The van der Waals surface area contributed by atoms with E-state index in [9.17, 15) is 9.59 Å². The van der Waals surface area contributed by atoms with Gasteiger partial charge < -0.3 is 29.2 Å². The number of thioether (sulfide) groups is 1. The number of nitrogens with zero attached hydrogens (tertiary/aromatic N) is 3. The quantitative estimate of drug-likeness (QED) is 0.458. The van der Waals surface area contributed by atoms with Gasteiger partial charge in [-0.3, -0.25) is 9.69 Å². The van der Waals surface area contributed by atoms with Crippen LogP contribution in [0.25, 0.3) is 0 Å². The molecular weight excluding hydrogens is 496 g/mol. The number of methoxy groups -OCH3 is 3. The number of morpholine rings is 1. The zero-order valence-corrected chi connectivity index (χ0v) is 22.6. The summed E-state index contributed by atoms with van der Waals surface area (Å²) >= 11 is 1.44. The molecule has 0 unspecified atom stereocenters. The molecule has 1 aromatic rings. The molecule has 0 radical (unpaired) electrons. The predicted octanol–water partition coefficient (Wildman–Crippen LogP) is 2.68. The second kappa shape index (κ2) is 12.5. The van der Waals surface area contributed by atoms with E-state index in [2.05, 4.69) is 10.2 Å². The van der Waals surface area contributed by atoms with Crippen LogP contribution in [0.15, 0.2) is 45.6 Å². The van der Waals surface area contributed by atoms with Gasteiger partial charge in [0.05, 0.1) is 58.3 Å². The molecule has 3 aliphatic heterocycles. The normalized spacial score (nSPS) is 19.7. The third kappa shape index (κ3) is 5.94. The molecule has 37 heavy (non-hydrogen) atoms. The van der Waals surface area contributed by atoms with Gasteiger partial charge in [0, 0.05) is 37.4 Å². The molecule has 0 spiro atoms. The Morgan fingerprint density at radius 2 is 1.97 bits per heavy atom. The Hall–Kier alpha value is -3.02. The third-order valence-corrected chi connectivity index (χ3v) is 7.44. The Bertz CT molecular complexity index is 1110. The van der Waals surface area contributed by atoms with Crippen LogP contribution in [0.3, 0.4) is 0 Å². The molecular formula is C26H34N4O6S. The van der Waals surface area contributed by atoms with Crippen molar-refractivity contribution in [3.8, 4) is 11.5 Å². The van der Waals surface area contributed by atoms with Crippen LogP contribution < -0.4 is 14.8 Å². The van der Waals surface area contributed by atoms with Gasteiger partial charge in [-0.2, -0.15) is 0 Å². The number of benzene rings is 1. The summed E-state index contributed by atoms with van der Waals surface area (Å²) in [5, 5.41) is 5.65. The molecule has 0 aliphatic carbocycles. The van der Waals surface area contributed by atoms with Gasteiger partial charge in [0.25, 0.3) is 0 Å². The van der Waals surface area contributed by atoms with Crippen molar-refractivity contribution in [3.05, 3.63) is 46.1 Å². The van der Waals surface area contributed by atoms with Crippen LogP contribution >= 0.6 is 11.8 Å². The maximum absolute atomic E-state index is 13.1. The van der Waals surface area contributed by atoms with E-state index in [-0.39, 0.29) is 12.3 Å². The minimum Gasteiger partial charge on any atom is -0.497 e. The first kappa shape index (κ1) is 27.0. The first-order valence-corrected chi connectivity index (χ1v) is 13.2. The van der Waals surface area contributed by atoms with E-state index >= 15 is 0 Å². The lowest BCUT2D eigenvalue weighted by atomic mass is 9.92. The Morgan fingerprint density at radius 3 is 2.65 bits per heavy atom. The lowest BCUT2D eigenvalue weighted by molar-refractivity contribution is -0.136. The summed E-state index contributed by atoms with van der Waals surface area (Å²) in [6.07, 6.45) is 0.691. The van der Waals surface area contributed by atoms with Gasteiger partial charge in [0.15, 0.2) is 5.17 Å². The molecule has 11 heteroatoms. The fourth-order valence-corrected chi connectivity index (χ4v) is 5.60. The van der Waals surface area contributed by atoms with Gasteiger partial charge in [0.2, 0.25) is 5.91 Å². The molecule has 4 rings (SSSR count). The number of carbonyl (C=O) groups excluding carboxylic acids is 2. The first-order chi connectivity index (χ1) is 18.0. The van der Waals surface area contributed by atoms with Gasteiger partial charge >= 0.3 is 5.97 Å². The number of hydrogen-bond donors (Lipinski definition) is 1. The van der Waals surface area contributed by atoms with Crippen LogP contribution in [-0.4, -0.2) is 87.6 Å². The number of ether oxygens (including phenoxy) is 4. The molecule has 1 saturated heterocycles. The Kier molecular flexibility index (Phi) is 9.12. The summed E-state index contributed by atoms with van der Waals surface area (Å²) in [5.41, 5.74) is 2.53. The molecule has 3 heterocycles. The Labute approximate surface area is 221 Å². The molecule has 1 N–H and O–H groups in total. The molecule has 0 bridgehead atoms. The number of rotatable bonds is 10. The topological polar surface area (TPSA) is 102 Å². The number of carbonyl (C=O) groups is 2. The molecule has 3 aliphatic rings. The average molecular weight is 531 g/mol. The Morgan fingerprint density at radius 1 is 1.19 bits per heavy atom. The predicted molar refractivity (Wildman–Crippen MR) is 141 cm³/mol. The molecule has 10 nitrogen and oxygen atoms in total. The van der Waals surface area contributed by atoms with Crippen molar-refractivity contribution in [1.29, 1.82) is 0 Å². The first-order valence-electron chi connectivity index (χ1n) is 12.3. The van der Waals surface area contributed by atoms with Crippen molar-refractivity contribution < 1.29 is 28.5 Å². The van der Waals surface area contributed by atoms with Crippen molar-refractivity contribution in [2.45, 2.75) is 25.8 Å². The fraction of sp³-hybridized carbons (Fsp3) is 0.500. The minimum absolute atomic E-state index is 0.0948. The largest absolute Gasteiger partial charge is 0.497 e. The van der Waals surface area contributed by atoms with Crippen LogP contribution in [0.4, 0.5) is 0 Å². The molecule has 0 aromatic heterocycles. The van der Waals surface area contributed by atoms with Gasteiger partial charge in [0.1, 0.15) is 11.5 Å². The minimum atomic E-state index is -0.595. The second-order valence-corrected chi connectivity index (χ2v) is 9.52. The van der Waals surface area contributed by atoms with E-state index in [1.54, 1.807) is 20.3 Å². The summed E-state index contributed by atoms with van der Waals surface area (Å²) in [6, 6.07) is 4.87. The van der Waals surface area contributed by atoms with Crippen molar-refractivity contribution in [1.82, 2.24) is 15.1 Å². The number of hydrogen-bond acceptors (Lipinski definition) is 10. The van der Waals surface area contributed by atoms with Crippen molar-refractivity contribution in [3.63, 3.8) is 0 Å². The van der Waals surface area contributed by atoms with Crippen LogP contribution in [0, 0.1) is 0 Å². The highest BCUT2D eigenvalue weighted by Gasteiger charge is 2.42. The lowest BCUT2D eigenvalue weighted by Crippen LogP contribution is -2.42. The van der Waals surface area contributed by atoms with Crippen LogP contribution in [-0.2, 0) is 19.1 Å². The summed E-state index contributed by atoms with van der Waals surface area (Å²) in [5.74, 6) is 0.652. The molecule has 200 valence electrons. The number of amides is 1. The number of amidine groups is 1. The molecule has 1 atom stereocenters. The van der Waals surface area contributed by atoms with Crippen molar-refractivity contribution in [2.24, 2.45) is 4.99 Å². The number of esters is 1. The van der Waals surface area contributed by atoms with Gasteiger partial charge in [-0.15, -0.1) is 0 Å².